The predicted molar refractivity (Wildman–Crippen MR) is 140 cm³/mol. The fourth-order valence-corrected chi connectivity index (χ4v) is 4.68. The molecule has 0 aliphatic rings. The van der Waals surface area contributed by atoms with E-state index in [2.05, 4.69) is 21.2 Å². The van der Waals surface area contributed by atoms with E-state index < -0.39 is 21.9 Å². The number of rotatable bonds is 12. The second-order valence-corrected chi connectivity index (χ2v) is 11.4. The maximum absolute atomic E-state index is 13.3. The molecule has 2 aromatic carbocycles. The van der Waals surface area contributed by atoms with Crippen LogP contribution in [-0.4, -0.2) is 50.0 Å². The van der Waals surface area contributed by atoms with Gasteiger partial charge in [0.05, 0.1) is 11.9 Å². The average Bonchev–Trinajstić information content (AvgIpc) is 2.80. The number of hydrogen-bond donors (Lipinski definition) is 1. The van der Waals surface area contributed by atoms with Crippen molar-refractivity contribution in [3.8, 4) is 0 Å². The number of sulfonamides is 1. The highest BCUT2D eigenvalue weighted by molar-refractivity contribution is 9.10. The van der Waals surface area contributed by atoms with Crippen LogP contribution < -0.4 is 9.62 Å². The summed E-state index contributed by atoms with van der Waals surface area (Å²) in [5.41, 5.74) is 1.20. The molecule has 2 amide bonds. The van der Waals surface area contributed by atoms with Gasteiger partial charge in [0.1, 0.15) is 11.9 Å². The number of carbonyl (C=O) groups is 2. The van der Waals surface area contributed by atoms with E-state index in [0.29, 0.717) is 5.69 Å². The third-order valence-electron chi connectivity index (χ3n) is 5.70. The van der Waals surface area contributed by atoms with Crippen LogP contribution >= 0.6 is 15.9 Å². The standard InChI is InChI=1S/C25H33BrFN3O4S/c1-5-18(2)28-25(32)19(3)29(17-20-8-10-21(26)11-9-20)24(31)7-6-16-30(35(4,33)34)23-14-12-22(27)13-15-23/h8-15,18-19H,5-7,16-17H2,1-4H3,(H,28,32)/t18-,19-/m0/s1. The monoisotopic (exact) mass is 569 g/mol. The first kappa shape index (κ1) is 28.8. The van der Waals surface area contributed by atoms with Gasteiger partial charge in [-0.3, -0.25) is 13.9 Å². The van der Waals surface area contributed by atoms with Gasteiger partial charge in [-0.25, -0.2) is 12.8 Å². The number of anilines is 1. The Morgan fingerprint density at radius 1 is 1.06 bits per heavy atom. The van der Waals surface area contributed by atoms with E-state index in [0.717, 1.165) is 27.0 Å². The fraction of sp³-hybridized carbons (Fsp3) is 0.440. The third kappa shape index (κ3) is 8.92. The van der Waals surface area contributed by atoms with Crippen molar-refractivity contribution >= 4 is 43.5 Å². The molecule has 2 rings (SSSR count). The molecule has 0 heterocycles. The Bertz CT molecular complexity index is 1090. The molecule has 10 heteroatoms. The van der Waals surface area contributed by atoms with Gasteiger partial charge >= 0.3 is 0 Å². The molecule has 2 atom stereocenters. The molecule has 2 aromatic rings. The Balaban J connectivity index is 2.15. The zero-order chi connectivity index (χ0) is 26.2. The predicted octanol–water partition coefficient (Wildman–Crippen LogP) is 4.47. The number of nitrogens with zero attached hydrogens (tertiary/aromatic N) is 2. The van der Waals surface area contributed by atoms with Crippen molar-refractivity contribution in [2.24, 2.45) is 0 Å². The smallest absolute Gasteiger partial charge is 0.242 e. The molecule has 0 radical (unpaired) electrons. The highest BCUT2D eigenvalue weighted by atomic mass is 79.9. The summed E-state index contributed by atoms with van der Waals surface area (Å²) in [6, 6.07) is 11.9. The van der Waals surface area contributed by atoms with E-state index in [1.54, 1.807) is 6.92 Å². The molecule has 1 N–H and O–H groups in total. The van der Waals surface area contributed by atoms with Crippen molar-refractivity contribution in [3.05, 3.63) is 64.4 Å². The second kappa shape index (κ2) is 13.0. The molecule has 0 saturated heterocycles. The van der Waals surface area contributed by atoms with Gasteiger partial charge in [-0.15, -0.1) is 0 Å². The van der Waals surface area contributed by atoms with Crippen molar-refractivity contribution in [3.63, 3.8) is 0 Å². The van der Waals surface area contributed by atoms with Crippen LogP contribution in [0.2, 0.25) is 0 Å². The number of carbonyl (C=O) groups excluding carboxylic acids is 2. The Hall–Kier alpha value is -2.46. The molecule has 192 valence electrons. The van der Waals surface area contributed by atoms with E-state index in [9.17, 15) is 22.4 Å². The molecule has 0 aliphatic carbocycles. The van der Waals surface area contributed by atoms with Crippen molar-refractivity contribution in [2.45, 2.75) is 58.7 Å². The van der Waals surface area contributed by atoms with Gasteiger partial charge in [-0.05, 0) is 68.7 Å². The van der Waals surface area contributed by atoms with Crippen molar-refractivity contribution in [1.82, 2.24) is 10.2 Å². The molecule has 7 nitrogen and oxygen atoms in total. The van der Waals surface area contributed by atoms with Crippen LogP contribution in [0.3, 0.4) is 0 Å². The number of amides is 2. The second-order valence-electron chi connectivity index (χ2n) is 8.56. The number of nitrogens with one attached hydrogen (secondary N) is 1. The molecule has 0 unspecified atom stereocenters. The van der Waals surface area contributed by atoms with Crippen molar-refractivity contribution < 1.29 is 22.4 Å². The van der Waals surface area contributed by atoms with Crippen LogP contribution in [-0.2, 0) is 26.2 Å². The highest BCUT2D eigenvalue weighted by Gasteiger charge is 2.27. The molecule has 35 heavy (non-hydrogen) atoms. The van der Waals surface area contributed by atoms with Gasteiger partial charge in [-0.1, -0.05) is 35.0 Å². The molecule has 0 aromatic heterocycles. The summed E-state index contributed by atoms with van der Waals surface area (Å²) in [7, 11) is -3.63. The lowest BCUT2D eigenvalue weighted by Gasteiger charge is -2.30. The molecule has 0 spiro atoms. The fourth-order valence-electron chi connectivity index (χ4n) is 3.45. The minimum Gasteiger partial charge on any atom is -0.352 e. The molecular weight excluding hydrogens is 537 g/mol. The zero-order valence-corrected chi connectivity index (χ0v) is 22.9. The van der Waals surface area contributed by atoms with E-state index >= 15 is 0 Å². The summed E-state index contributed by atoms with van der Waals surface area (Å²) >= 11 is 3.40. The Morgan fingerprint density at radius 2 is 1.66 bits per heavy atom. The summed E-state index contributed by atoms with van der Waals surface area (Å²) in [5.74, 6) is -0.966. The number of benzene rings is 2. The SMILES string of the molecule is CC[C@H](C)NC(=O)[C@H](C)N(Cc1ccc(Br)cc1)C(=O)CCCN(c1ccc(F)cc1)S(C)(=O)=O. The molecule has 0 fully saturated rings. The quantitative estimate of drug-likeness (QED) is 0.408. The van der Waals surface area contributed by atoms with Crippen LogP contribution in [0.25, 0.3) is 0 Å². The minimum absolute atomic E-state index is 0.0198. The van der Waals surface area contributed by atoms with Gasteiger partial charge in [0.25, 0.3) is 0 Å². The summed E-state index contributed by atoms with van der Waals surface area (Å²) in [6.45, 7) is 5.86. The first-order valence-electron chi connectivity index (χ1n) is 11.5. The first-order chi connectivity index (χ1) is 16.4. The van der Waals surface area contributed by atoms with E-state index in [-0.39, 0.29) is 43.8 Å². The Morgan fingerprint density at radius 3 is 2.20 bits per heavy atom. The van der Waals surface area contributed by atoms with Crippen LogP contribution in [0, 0.1) is 5.82 Å². The summed E-state index contributed by atoms with van der Waals surface area (Å²) < 4.78 is 39.9. The van der Waals surface area contributed by atoms with E-state index in [4.69, 9.17) is 0 Å². The zero-order valence-electron chi connectivity index (χ0n) is 20.5. The highest BCUT2D eigenvalue weighted by Crippen LogP contribution is 2.20. The molecule has 0 saturated carbocycles. The lowest BCUT2D eigenvalue weighted by atomic mass is 10.1. The normalized spacial score (nSPS) is 13.1. The summed E-state index contributed by atoms with van der Waals surface area (Å²) in [6.07, 6.45) is 2.12. The lowest BCUT2D eigenvalue weighted by Crippen LogP contribution is -2.49. The average molecular weight is 571 g/mol. The molecular formula is C25H33BrFN3O4S. The number of halogens is 2. The largest absolute Gasteiger partial charge is 0.352 e. The van der Waals surface area contributed by atoms with Gasteiger partial charge in [0.15, 0.2) is 0 Å². The maximum Gasteiger partial charge on any atom is 0.242 e. The Kier molecular flexibility index (Phi) is 10.7. The Labute approximate surface area is 215 Å². The summed E-state index contributed by atoms with van der Waals surface area (Å²) in [5, 5.41) is 2.92. The van der Waals surface area contributed by atoms with E-state index in [1.807, 2.05) is 38.1 Å². The lowest BCUT2D eigenvalue weighted by molar-refractivity contribution is -0.140. The minimum atomic E-state index is -3.63. The summed E-state index contributed by atoms with van der Waals surface area (Å²) in [4.78, 5) is 27.6. The van der Waals surface area contributed by atoms with Crippen LogP contribution in [0.1, 0.15) is 45.6 Å². The van der Waals surface area contributed by atoms with Crippen molar-refractivity contribution in [2.75, 3.05) is 17.1 Å². The van der Waals surface area contributed by atoms with Crippen LogP contribution in [0.15, 0.2) is 53.0 Å². The van der Waals surface area contributed by atoms with Gasteiger partial charge in [0.2, 0.25) is 21.8 Å². The molecule has 0 aliphatic heterocycles. The van der Waals surface area contributed by atoms with Gasteiger partial charge in [-0.2, -0.15) is 0 Å². The van der Waals surface area contributed by atoms with Crippen LogP contribution in [0.5, 0.6) is 0 Å². The van der Waals surface area contributed by atoms with Gasteiger partial charge < -0.3 is 10.2 Å². The maximum atomic E-state index is 13.3. The van der Waals surface area contributed by atoms with E-state index in [1.165, 1.54) is 29.2 Å². The molecule has 0 bridgehead atoms. The van der Waals surface area contributed by atoms with Crippen LogP contribution in [0.4, 0.5) is 10.1 Å². The van der Waals surface area contributed by atoms with Crippen molar-refractivity contribution in [1.29, 1.82) is 0 Å². The number of hydrogen-bond acceptors (Lipinski definition) is 4. The first-order valence-corrected chi connectivity index (χ1v) is 14.1. The third-order valence-corrected chi connectivity index (χ3v) is 7.42. The van der Waals surface area contributed by atoms with Gasteiger partial charge in [0, 0.05) is 30.0 Å². The topological polar surface area (TPSA) is 86.8 Å².